The molecule has 0 amide bonds. The molecule has 0 aliphatic carbocycles. The zero-order valence-corrected chi connectivity index (χ0v) is 10.9. The monoisotopic (exact) mass is 236 g/mol. The molecule has 17 heavy (non-hydrogen) atoms. The minimum atomic E-state index is 0.104. The lowest BCUT2D eigenvalue weighted by Crippen LogP contribution is -2.38. The van der Waals surface area contributed by atoms with Gasteiger partial charge in [-0.1, -0.05) is 31.5 Å². The highest BCUT2D eigenvalue weighted by Crippen LogP contribution is 2.14. The third-order valence-electron chi connectivity index (χ3n) is 2.92. The van der Waals surface area contributed by atoms with Crippen LogP contribution >= 0.6 is 0 Å². The van der Waals surface area contributed by atoms with Gasteiger partial charge in [-0.25, -0.2) is 0 Å². The quantitative estimate of drug-likeness (QED) is 0.752. The van der Waals surface area contributed by atoms with Crippen LogP contribution in [-0.4, -0.2) is 32.8 Å². The van der Waals surface area contributed by atoms with Crippen LogP contribution in [0.2, 0.25) is 0 Å². The van der Waals surface area contributed by atoms with Crippen molar-refractivity contribution < 1.29 is 4.74 Å². The lowest BCUT2D eigenvalue weighted by atomic mass is 10.2. The number of anilines is 1. The van der Waals surface area contributed by atoms with E-state index in [1.165, 1.54) is 18.5 Å². The topological polar surface area (TPSA) is 38.5 Å². The summed E-state index contributed by atoms with van der Waals surface area (Å²) in [5.41, 5.74) is 6.93. The number of nitrogens with zero attached hydrogens (tertiary/aromatic N) is 1. The summed E-state index contributed by atoms with van der Waals surface area (Å²) in [4.78, 5) is 2.35. The molecule has 3 heteroatoms. The smallest absolute Gasteiger partial charge is 0.0867 e. The van der Waals surface area contributed by atoms with Crippen LogP contribution in [-0.2, 0) is 4.74 Å². The number of rotatable bonds is 8. The molecule has 0 aliphatic rings. The van der Waals surface area contributed by atoms with Crippen LogP contribution in [0, 0.1) is 0 Å². The molecule has 0 radical (unpaired) electrons. The normalized spacial score (nSPS) is 12.4. The molecule has 0 spiro atoms. The first-order valence-corrected chi connectivity index (χ1v) is 6.34. The number of unbranched alkanes of at least 4 members (excludes halogenated alkanes) is 1. The van der Waals surface area contributed by atoms with E-state index in [1.807, 2.05) is 6.07 Å². The second-order valence-electron chi connectivity index (χ2n) is 4.23. The van der Waals surface area contributed by atoms with E-state index in [-0.39, 0.29) is 6.10 Å². The molecule has 1 rings (SSSR count). The van der Waals surface area contributed by atoms with Gasteiger partial charge in [0.15, 0.2) is 0 Å². The van der Waals surface area contributed by atoms with Crippen molar-refractivity contribution in [1.82, 2.24) is 0 Å². The third kappa shape index (κ3) is 4.75. The number of benzene rings is 1. The molecule has 1 atom stereocenters. The van der Waals surface area contributed by atoms with E-state index in [0.717, 1.165) is 13.1 Å². The summed E-state index contributed by atoms with van der Waals surface area (Å²) in [6.45, 7) is 4.68. The molecule has 1 aromatic carbocycles. The van der Waals surface area contributed by atoms with Crippen molar-refractivity contribution in [3.63, 3.8) is 0 Å². The van der Waals surface area contributed by atoms with Gasteiger partial charge in [0, 0.05) is 32.4 Å². The summed E-state index contributed by atoms with van der Waals surface area (Å²) < 4.78 is 5.36. The Bertz CT molecular complexity index is 286. The van der Waals surface area contributed by atoms with Crippen LogP contribution < -0.4 is 10.6 Å². The minimum Gasteiger partial charge on any atom is -0.378 e. The largest absolute Gasteiger partial charge is 0.378 e. The highest BCUT2D eigenvalue weighted by molar-refractivity contribution is 5.46. The number of ether oxygens (including phenoxy) is 1. The summed E-state index contributed by atoms with van der Waals surface area (Å²) >= 11 is 0. The first-order valence-electron chi connectivity index (χ1n) is 6.34. The van der Waals surface area contributed by atoms with Gasteiger partial charge in [0.1, 0.15) is 0 Å². The standard InChI is InChI=1S/C14H24N2O/c1-3-4-10-16(12-14(11-15)17-2)13-8-6-5-7-9-13/h5-9,14H,3-4,10-12,15H2,1-2H3. The fourth-order valence-electron chi connectivity index (χ4n) is 1.80. The lowest BCUT2D eigenvalue weighted by Gasteiger charge is -2.28. The molecular weight excluding hydrogens is 212 g/mol. The summed E-state index contributed by atoms with van der Waals surface area (Å²) in [5, 5.41) is 0. The van der Waals surface area contributed by atoms with Crippen molar-refractivity contribution in [3.8, 4) is 0 Å². The van der Waals surface area contributed by atoms with Gasteiger partial charge in [-0.3, -0.25) is 0 Å². The van der Waals surface area contributed by atoms with Crippen molar-refractivity contribution in [2.75, 3.05) is 31.6 Å². The summed E-state index contributed by atoms with van der Waals surface area (Å²) in [5.74, 6) is 0. The molecule has 0 bridgehead atoms. The fraction of sp³-hybridized carbons (Fsp3) is 0.571. The maximum atomic E-state index is 5.69. The van der Waals surface area contributed by atoms with Crippen molar-refractivity contribution in [1.29, 1.82) is 0 Å². The highest BCUT2D eigenvalue weighted by Gasteiger charge is 2.12. The van der Waals surface area contributed by atoms with Crippen LogP contribution in [0.3, 0.4) is 0 Å². The molecule has 0 saturated carbocycles. The van der Waals surface area contributed by atoms with Crippen LogP contribution in [0.25, 0.3) is 0 Å². The van der Waals surface area contributed by atoms with Crippen LogP contribution in [0.1, 0.15) is 19.8 Å². The van der Waals surface area contributed by atoms with Gasteiger partial charge in [-0.15, -0.1) is 0 Å². The molecule has 0 aliphatic heterocycles. The molecule has 0 heterocycles. The first-order chi connectivity index (χ1) is 8.31. The van der Waals surface area contributed by atoms with Gasteiger partial charge in [-0.05, 0) is 18.6 Å². The number of nitrogens with two attached hydrogens (primary N) is 1. The third-order valence-corrected chi connectivity index (χ3v) is 2.92. The summed E-state index contributed by atoms with van der Waals surface area (Å²) in [7, 11) is 1.72. The Morgan fingerprint density at radius 3 is 2.53 bits per heavy atom. The predicted molar refractivity (Wildman–Crippen MR) is 73.4 cm³/mol. The van der Waals surface area contributed by atoms with Gasteiger partial charge in [0.25, 0.3) is 0 Å². The van der Waals surface area contributed by atoms with Crippen molar-refractivity contribution in [3.05, 3.63) is 30.3 Å². The molecule has 2 N–H and O–H groups in total. The molecule has 0 aromatic heterocycles. The SMILES string of the molecule is CCCCN(CC(CN)OC)c1ccccc1. The molecule has 0 fully saturated rings. The Morgan fingerprint density at radius 1 is 1.29 bits per heavy atom. The molecule has 3 nitrogen and oxygen atoms in total. The van der Waals surface area contributed by atoms with E-state index in [4.69, 9.17) is 10.5 Å². The van der Waals surface area contributed by atoms with Crippen LogP contribution in [0.15, 0.2) is 30.3 Å². The van der Waals surface area contributed by atoms with Crippen LogP contribution in [0.4, 0.5) is 5.69 Å². The maximum absolute atomic E-state index is 5.69. The zero-order valence-electron chi connectivity index (χ0n) is 10.9. The Kier molecular flexibility index (Phi) is 6.67. The molecule has 0 saturated heterocycles. The molecule has 1 aromatic rings. The average Bonchev–Trinajstić information content (AvgIpc) is 2.40. The Balaban J connectivity index is 2.66. The van der Waals surface area contributed by atoms with Gasteiger partial charge in [-0.2, -0.15) is 0 Å². The van der Waals surface area contributed by atoms with Gasteiger partial charge < -0.3 is 15.4 Å². The maximum Gasteiger partial charge on any atom is 0.0867 e. The Morgan fingerprint density at radius 2 is 2.00 bits per heavy atom. The fourth-order valence-corrected chi connectivity index (χ4v) is 1.80. The second kappa shape index (κ2) is 8.09. The van der Waals surface area contributed by atoms with Crippen molar-refractivity contribution in [2.24, 2.45) is 5.73 Å². The summed E-state index contributed by atoms with van der Waals surface area (Å²) in [6, 6.07) is 10.5. The second-order valence-corrected chi connectivity index (χ2v) is 4.23. The number of hydrogen-bond acceptors (Lipinski definition) is 3. The van der Waals surface area contributed by atoms with E-state index in [0.29, 0.717) is 6.54 Å². The van der Waals surface area contributed by atoms with E-state index in [9.17, 15) is 0 Å². The average molecular weight is 236 g/mol. The lowest BCUT2D eigenvalue weighted by molar-refractivity contribution is 0.114. The molecule has 1 unspecified atom stereocenters. The van der Waals surface area contributed by atoms with E-state index < -0.39 is 0 Å². The van der Waals surface area contributed by atoms with E-state index >= 15 is 0 Å². The number of para-hydroxylation sites is 1. The van der Waals surface area contributed by atoms with Crippen molar-refractivity contribution >= 4 is 5.69 Å². The van der Waals surface area contributed by atoms with E-state index in [2.05, 4.69) is 36.1 Å². The molecule has 96 valence electrons. The van der Waals surface area contributed by atoms with Crippen molar-refractivity contribution in [2.45, 2.75) is 25.9 Å². The van der Waals surface area contributed by atoms with Gasteiger partial charge >= 0.3 is 0 Å². The Labute approximate surface area is 105 Å². The zero-order chi connectivity index (χ0) is 12.5. The number of methoxy groups -OCH3 is 1. The van der Waals surface area contributed by atoms with Crippen LogP contribution in [0.5, 0.6) is 0 Å². The summed E-state index contributed by atoms with van der Waals surface area (Å²) in [6.07, 6.45) is 2.49. The number of hydrogen-bond donors (Lipinski definition) is 1. The van der Waals surface area contributed by atoms with E-state index in [1.54, 1.807) is 7.11 Å². The van der Waals surface area contributed by atoms with Gasteiger partial charge in [0.05, 0.1) is 6.10 Å². The van der Waals surface area contributed by atoms with Gasteiger partial charge in [0.2, 0.25) is 0 Å². The first kappa shape index (κ1) is 14.0. The highest BCUT2D eigenvalue weighted by atomic mass is 16.5. The predicted octanol–water partition coefficient (Wildman–Crippen LogP) is 2.27. The minimum absolute atomic E-state index is 0.104. The molecular formula is C14H24N2O. The Hall–Kier alpha value is -1.06.